The number of carbonyl (C=O) groups excluding carboxylic acids is 1. The molecule has 1 unspecified atom stereocenters. The third-order valence-corrected chi connectivity index (χ3v) is 8.79. The smallest absolute Gasteiger partial charge is 0.252 e. The van der Waals surface area contributed by atoms with Crippen molar-refractivity contribution in [2.45, 2.75) is 23.1 Å². The maximum atomic E-state index is 13.4. The number of carbonyl (C=O) groups is 1. The van der Waals surface area contributed by atoms with Gasteiger partial charge in [-0.3, -0.25) is 4.79 Å². The molecule has 0 bridgehead atoms. The summed E-state index contributed by atoms with van der Waals surface area (Å²) < 4.78 is 42.4. The summed E-state index contributed by atoms with van der Waals surface area (Å²) >= 11 is 1.19. The Morgan fingerprint density at radius 1 is 1.23 bits per heavy atom. The number of aromatic nitrogens is 2. The molecule has 1 fully saturated rings. The molecule has 31 heavy (non-hydrogen) atoms. The fourth-order valence-corrected chi connectivity index (χ4v) is 6.38. The molecule has 0 aliphatic carbocycles. The van der Waals surface area contributed by atoms with E-state index in [0.717, 1.165) is 5.56 Å². The minimum absolute atomic E-state index is 0.162. The number of thiophene rings is 1. The third-order valence-electron chi connectivity index (χ3n) is 5.52. The zero-order valence-electron chi connectivity index (χ0n) is 16.9. The molecular weight excluding hydrogens is 439 g/mol. The maximum absolute atomic E-state index is 13.4. The number of aryl methyl sites for hydroxylation is 1. The number of halogens is 1. The van der Waals surface area contributed by atoms with Crippen LogP contribution in [-0.2, 0) is 21.9 Å². The molecular formula is C21H23FN4O3S2. The van der Waals surface area contributed by atoms with Gasteiger partial charge in [-0.25, -0.2) is 17.8 Å². The summed E-state index contributed by atoms with van der Waals surface area (Å²) in [5.41, 5.74) is 0.724. The summed E-state index contributed by atoms with van der Waals surface area (Å²) in [6.07, 6.45) is 4.30. The topological polar surface area (TPSA) is 84.3 Å². The van der Waals surface area contributed by atoms with Crippen LogP contribution in [-0.4, -0.2) is 41.3 Å². The van der Waals surface area contributed by atoms with E-state index in [0.29, 0.717) is 36.0 Å². The Kier molecular flexibility index (Phi) is 6.22. The summed E-state index contributed by atoms with van der Waals surface area (Å²) in [5, 5.41) is 4.77. The van der Waals surface area contributed by atoms with Gasteiger partial charge in [0.1, 0.15) is 21.9 Å². The first-order valence-electron chi connectivity index (χ1n) is 9.93. The Morgan fingerprint density at radius 2 is 1.94 bits per heavy atom. The molecule has 1 amide bonds. The molecule has 0 saturated carbocycles. The number of nitrogens with one attached hydrogen (secondary N) is 1. The molecule has 1 saturated heterocycles. The molecule has 4 rings (SSSR count). The Balaban J connectivity index is 1.46. The Hall–Kier alpha value is -2.56. The number of amides is 1. The molecule has 0 spiro atoms. The lowest BCUT2D eigenvalue weighted by molar-refractivity contribution is -0.126. The summed E-state index contributed by atoms with van der Waals surface area (Å²) in [4.78, 5) is 17.4. The first-order chi connectivity index (χ1) is 14.9. The number of nitrogens with zero attached hydrogens (tertiary/aromatic N) is 3. The van der Waals surface area contributed by atoms with Crippen molar-refractivity contribution in [2.75, 3.05) is 13.1 Å². The quantitative estimate of drug-likeness (QED) is 0.611. The lowest BCUT2D eigenvalue weighted by atomic mass is 9.96. The summed E-state index contributed by atoms with van der Waals surface area (Å²) in [5.74, 6) is -0.186. The van der Waals surface area contributed by atoms with Crippen LogP contribution in [0, 0.1) is 11.7 Å². The monoisotopic (exact) mass is 462 g/mol. The summed E-state index contributed by atoms with van der Waals surface area (Å²) in [6.45, 7) is 0.587. The Morgan fingerprint density at radius 3 is 2.52 bits per heavy atom. The van der Waals surface area contributed by atoms with E-state index in [1.807, 2.05) is 11.6 Å². The van der Waals surface area contributed by atoms with E-state index in [2.05, 4.69) is 10.3 Å². The van der Waals surface area contributed by atoms with Gasteiger partial charge in [-0.2, -0.15) is 4.31 Å². The van der Waals surface area contributed by atoms with Crippen LogP contribution in [0.4, 0.5) is 4.39 Å². The van der Waals surface area contributed by atoms with Gasteiger partial charge < -0.3 is 9.88 Å². The van der Waals surface area contributed by atoms with E-state index in [1.54, 1.807) is 42.0 Å². The largest absolute Gasteiger partial charge is 0.342 e. The highest BCUT2D eigenvalue weighted by atomic mass is 32.2. The van der Waals surface area contributed by atoms with Crippen LogP contribution < -0.4 is 5.32 Å². The molecule has 1 N–H and O–H groups in total. The van der Waals surface area contributed by atoms with E-state index < -0.39 is 16.1 Å². The van der Waals surface area contributed by atoms with E-state index >= 15 is 0 Å². The highest BCUT2D eigenvalue weighted by Gasteiger charge is 2.33. The lowest BCUT2D eigenvalue weighted by Gasteiger charge is -2.31. The second-order valence-corrected chi connectivity index (χ2v) is 10.6. The molecule has 1 aliphatic rings. The predicted molar refractivity (Wildman–Crippen MR) is 115 cm³/mol. The van der Waals surface area contributed by atoms with Crippen LogP contribution in [0.5, 0.6) is 0 Å². The number of hydrogen-bond donors (Lipinski definition) is 1. The average Bonchev–Trinajstić information content (AvgIpc) is 3.45. The second kappa shape index (κ2) is 8.89. The highest BCUT2D eigenvalue weighted by molar-refractivity contribution is 7.91. The van der Waals surface area contributed by atoms with Crippen LogP contribution in [0.3, 0.4) is 0 Å². The lowest BCUT2D eigenvalue weighted by Crippen LogP contribution is -2.44. The van der Waals surface area contributed by atoms with Crippen LogP contribution in [0.15, 0.2) is 58.4 Å². The Labute approximate surface area is 184 Å². The number of rotatable bonds is 6. The predicted octanol–water partition coefficient (Wildman–Crippen LogP) is 2.93. The normalized spacial score (nSPS) is 16.8. The van der Waals surface area contributed by atoms with E-state index in [9.17, 15) is 17.6 Å². The van der Waals surface area contributed by atoms with Crippen molar-refractivity contribution in [3.05, 3.63) is 71.4 Å². The van der Waals surface area contributed by atoms with E-state index in [4.69, 9.17) is 0 Å². The van der Waals surface area contributed by atoms with Crippen molar-refractivity contribution in [1.82, 2.24) is 19.2 Å². The molecule has 0 radical (unpaired) electrons. The van der Waals surface area contributed by atoms with Crippen LogP contribution in [0.1, 0.15) is 30.3 Å². The van der Waals surface area contributed by atoms with Gasteiger partial charge in [0.25, 0.3) is 10.0 Å². The highest BCUT2D eigenvalue weighted by Crippen LogP contribution is 2.28. The zero-order chi connectivity index (χ0) is 22.0. The van der Waals surface area contributed by atoms with Crippen molar-refractivity contribution in [1.29, 1.82) is 0 Å². The van der Waals surface area contributed by atoms with Gasteiger partial charge >= 0.3 is 0 Å². The zero-order valence-corrected chi connectivity index (χ0v) is 18.6. The minimum atomic E-state index is -3.51. The molecule has 3 aromatic rings. The van der Waals surface area contributed by atoms with Gasteiger partial charge in [0.15, 0.2) is 0 Å². The molecule has 7 nitrogen and oxygen atoms in total. The number of piperidine rings is 1. The minimum Gasteiger partial charge on any atom is -0.342 e. The second-order valence-electron chi connectivity index (χ2n) is 7.50. The van der Waals surface area contributed by atoms with Crippen molar-refractivity contribution >= 4 is 27.3 Å². The van der Waals surface area contributed by atoms with Crippen LogP contribution >= 0.6 is 11.3 Å². The fraction of sp³-hybridized carbons (Fsp3) is 0.333. The average molecular weight is 463 g/mol. The van der Waals surface area contributed by atoms with Crippen LogP contribution in [0.2, 0.25) is 0 Å². The SMILES string of the molecule is Cn1ccnc1C(NC(=O)C1CCN(S(=O)(=O)c2cccs2)CC1)c1ccc(F)cc1. The van der Waals surface area contributed by atoms with Gasteiger partial charge in [-0.05, 0) is 42.0 Å². The van der Waals surface area contributed by atoms with Gasteiger partial charge in [-0.15, -0.1) is 11.3 Å². The molecule has 10 heteroatoms. The maximum Gasteiger partial charge on any atom is 0.252 e. The first kappa shape index (κ1) is 21.7. The molecule has 164 valence electrons. The fourth-order valence-electron chi connectivity index (χ4n) is 3.76. The summed E-state index contributed by atoms with van der Waals surface area (Å²) in [6, 6.07) is 8.75. The molecule has 2 aromatic heterocycles. The third kappa shape index (κ3) is 4.56. The van der Waals surface area contributed by atoms with Crippen molar-refractivity contribution in [2.24, 2.45) is 13.0 Å². The molecule has 1 aliphatic heterocycles. The number of imidazole rings is 1. The van der Waals surface area contributed by atoms with E-state index in [-0.39, 0.29) is 17.6 Å². The van der Waals surface area contributed by atoms with Gasteiger partial charge in [-0.1, -0.05) is 18.2 Å². The van der Waals surface area contributed by atoms with Crippen molar-refractivity contribution in [3.63, 3.8) is 0 Å². The summed E-state index contributed by atoms with van der Waals surface area (Å²) in [7, 11) is -1.68. The van der Waals surface area contributed by atoms with E-state index in [1.165, 1.54) is 27.8 Å². The first-order valence-corrected chi connectivity index (χ1v) is 12.2. The molecule has 1 atom stereocenters. The van der Waals surface area contributed by atoms with Crippen molar-refractivity contribution < 1.29 is 17.6 Å². The van der Waals surface area contributed by atoms with Crippen LogP contribution in [0.25, 0.3) is 0 Å². The Bertz CT molecular complexity index is 1140. The number of sulfonamides is 1. The van der Waals surface area contributed by atoms with Crippen molar-refractivity contribution in [3.8, 4) is 0 Å². The molecule has 1 aromatic carbocycles. The number of benzene rings is 1. The molecule has 3 heterocycles. The van der Waals surface area contributed by atoms with Gasteiger partial charge in [0.05, 0.1) is 0 Å². The standard InChI is InChI=1S/C21H23FN4O3S2/c1-25-13-10-23-20(25)19(15-4-6-17(22)7-5-15)24-21(27)16-8-11-26(12-9-16)31(28,29)18-3-2-14-30-18/h2-7,10,13-14,16,19H,8-9,11-12H2,1H3,(H,24,27). The van der Waals surface area contributed by atoms with Gasteiger partial charge in [0, 0.05) is 38.4 Å². The number of hydrogen-bond acceptors (Lipinski definition) is 5. The van der Waals surface area contributed by atoms with Gasteiger partial charge in [0.2, 0.25) is 5.91 Å².